The predicted octanol–water partition coefficient (Wildman–Crippen LogP) is 3.16. The molecule has 6 heteroatoms. The minimum Gasteiger partial charge on any atom is -0.342 e. The van der Waals surface area contributed by atoms with Crippen LogP contribution in [0.15, 0.2) is 34.4 Å². The van der Waals surface area contributed by atoms with E-state index in [2.05, 4.69) is 11.2 Å². The Morgan fingerprint density at radius 1 is 1.30 bits per heavy atom. The molecule has 0 aliphatic carbocycles. The maximum atomic E-state index is 12.5. The molecule has 23 heavy (non-hydrogen) atoms. The second kappa shape index (κ2) is 6.00. The molecular formula is C17H20N4OS. The van der Waals surface area contributed by atoms with Crippen LogP contribution in [0.2, 0.25) is 0 Å². The molecule has 0 saturated carbocycles. The number of fused-ring (bicyclic) bond motifs is 3. The Hall–Kier alpha value is -1.82. The Bertz CT molecular complexity index is 681. The molecule has 3 aliphatic heterocycles. The Labute approximate surface area is 140 Å². The number of amides is 1. The predicted molar refractivity (Wildman–Crippen MR) is 94.1 cm³/mol. The summed E-state index contributed by atoms with van der Waals surface area (Å²) in [5.41, 5.74) is 2.22. The molecule has 0 N–H and O–H groups in total. The standard InChI is InChI=1S/C17H20N4OS/c1-12(16(22)20-10-4-5-11-20)23-17-19-14-7-3-2-6-13(14)15-8-9-18-21(15)17/h2-3,6-7,9,12,15H,4-5,8,10-11H2,1H3/t12-,15-/m0/s1. The monoisotopic (exact) mass is 328 g/mol. The first kappa shape index (κ1) is 14.8. The molecule has 0 bridgehead atoms. The lowest BCUT2D eigenvalue weighted by molar-refractivity contribution is -0.129. The van der Waals surface area contributed by atoms with Crippen LogP contribution in [0.25, 0.3) is 0 Å². The number of nitrogens with zero attached hydrogens (tertiary/aromatic N) is 4. The van der Waals surface area contributed by atoms with Crippen LogP contribution >= 0.6 is 11.8 Å². The average Bonchev–Trinajstić information content (AvgIpc) is 3.26. The molecule has 1 aromatic rings. The van der Waals surface area contributed by atoms with Gasteiger partial charge in [0.05, 0.1) is 17.0 Å². The molecule has 120 valence electrons. The average molecular weight is 328 g/mol. The highest BCUT2D eigenvalue weighted by atomic mass is 32.2. The SMILES string of the molecule is C[C@H](SC1=Nc2ccccc2[C@@H]2CC=NN12)C(=O)N1CCCC1. The van der Waals surface area contributed by atoms with Crippen molar-refractivity contribution in [2.24, 2.45) is 10.1 Å². The van der Waals surface area contributed by atoms with Crippen molar-refractivity contribution in [2.45, 2.75) is 37.5 Å². The van der Waals surface area contributed by atoms with Crippen LogP contribution in [-0.4, -0.2) is 45.5 Å². The zero-order valence-corrected chi connectivity index (χ0v) is 14.0. The quantitative estimate of drug-likeness (QED) is 0.838. The van der Waals surface area contributed by atoms with E-state index in [1.807, 2.05) is 41.2 Å². The molecule has 1 aromatic carbocycles. The summed E-state index contributed by atoms with van der Waals surface area (Å²) in [6, 6.07) is 8.43. The Morgan fingerprint density at radius 3 is 2.91 bits per heavy atom. The first-order valence-corrected chi connectivity index (χ1v) is 9.07. The molecule has 3 heterocycles. The highest BCUT2D eigenvalue weighted by molar-refractivity contribution is 8.14. The first-order chi connectivity index (χ1) is 11.2. The number of amidine groups is 1. The molecule has 0 unspecified atom stereocenters. The van der Waals surface area contributed by atoms with Crippen molar-refractivity contribution in [3.8, 4) is 0 Å². The van der Waals surface area contributed by atoms with Gasteiger partial charge in [-0.05, 0) is 25.8 Å². The third-order valence-electron chi connectivity index (χ3n) is 4.59. The van der Waals surface area contributed by atoms with Crippen LogP contribution in [0.5, 0.6) is 0 Å². The summed E-state index contributed by atoms with van der Waals surface area (Å²) in [6.07, 6.45) is 5.08. The van der Waals surface area contributed by atoms with Crippen molar-refractivity contribution in [1.29, 1.82) is 0 Å². The van der Waals surface area contributed by atoms with Gasteiger partial charge in [0.25, 0.3) is 0 Å². The zero-order chi connectivity index (χ0) is 15.8. The number of carbonyl (C=O) groups excluding carboxylic acids is 1. The number of hydrazone groups is 1. The van der Waals surface area contributed by atoms with Crippen LogP contribution < -0.4 is 0 Å². The number of likely N-dealkylation sites (tertiary alicyclic amines) is 1. The maximum Gasteiger partial charge on any atom is 0.235 e. The largest absolute Gasteiger partial charge is 0.342 e. The van der Waals surface area contributed by atoms with Gasteiger partial charge >= 0.3 is 0 Å². The van der Waals surface area contributed by atoms with Gasteiger partial charge < -0.3 is 4.90 Å². The van der Waals surface area contributed by atoms with E-state index in [0.717, 1.165) is 43.2 Å². The van der Waals surface area contributed by atoms with Gasteiger partial charge in [-0.1, -0.05) is 30.0 Å². The van der Waals surface area contributed by atoms with Crippen molar-refractivity contribution in [3.63, 3.8) is 0 Å². The molecule has 0 radical (unpaired) electrons. The van der Waals surface area contributed by atoms with Crippen LogP contribution in [0.4, 0.5) is 5.69 Å². The van der Waals surface area contributed by atoms with E-state index < -0.39 is 0 Å². The van der Waals surface area contributed by atoms with E-state index in [1.165, 1.54) is 17.3 Å². The molecule has 1 saturated heterocycles. The van der Waals surface area contributed by atoms with Crippen LogP contribution in [0, 0.1) is 0 Å². The normalized spacial score (nSPS) is 23.5. The summed E-state index contributed by atoms with van der Waals surface area (Å²) in [5, 5.41) is 7.16. The van der Waals surface area contributed by atoms with E-state index in [9.17, 15) is 4.79 Å². The minimum absolute atomic E-state index is 0.131. The van der Waals surface area contributed by atoms with Crippen LogP contribution in [-0.2, 0) is 4.79 Å². The lowest BCUT2D eigenvalue weighted by atomic mass is 10.0. The molecule has 1 fully saturated rings. The third kappa shape index (κ3) is 2.65. The molecule has 1 amide bonds. The highest BCUT2D eigenvalue weighted by Gasteiger charge is 2.35. The highest BCUT2D eigenvalue weighted by Crippen LogP contribution is 2.41. The Morgan fingerprint density at radius 2 is 2.09 bits per heavy atom. The number of hydrogen-bond donors (Lipinski definition) is 0. The first-order valence-electron chi connectivity index (χ1n) is 8.19. The van der Waals surface area contributed by atoms with Gasteiger partial charge in [-0.15, -0.1) is 0 Å². The van der Waals surface area contributed by atoms with Crippen molar-refractivity contribution in [2.75, 3.05) is 13.1 Å². The van der Waals surface area contributed by atoms with Gasteiger partial charge in [-0.25, -0.2) is 10.0 Å². The van der Waals surface area contributed by atoms with E-state index in [0.29, 0.717) is 0 Å². The molecule has 5 nitrogen and oxygen atoms in total. The van der Waals surface area contributed by atoms with E-state index in [-0.39, 0.29) is 17.2 Å². The number of hydrogen-bond acceptors (Lipinski definition) is 5. The summed E-state index contributed by atoms with van der Waals surface area (Å²) in [6.45, 7) is 3.76. The Balaban J connectivity index is 1.57. The lowest BCUT2D eigenvalue weighted by Gasteiger charge is -2.31. The molecule has 0 aromatic heterocycles. The van der Waals surface area contributed by atoms with Gasteiger partial charge in [0, 0.05) is 31.3 Å². The van der Waals surface area contributed by atoms with Crippen LogP contribution in [0.1, 0.15) is 37.8 Å². The fraction of sp³-hybridized carbons (Fsp3) is 0.471. The maximum absolute atomic E-state index is 12.5. The van der Waals surface area contributed by atoms with Gasteiger partial charge in [0.1, 0.15) is 0 Å². The molecule has 0 spiro atoms. The Kier molecular flexibility index (Phi) is 3.85. The number of carbonyl (C=O) groups is 1. The van der Waals surface area contributed by atoms with Crippen molar-refractivity contribution < 1.29 is 4.79 Å². The number of benzene rings is 1. The molecule has 3 aliphatic rings. The number of thioether (sulfide) groups is 1. The van der Waals surface area contributed by atoms with E-state index in [4.69, 9.17) is 4.99 Å². The number of aliphatic imine (C=N–C) groups is 1. The molecule has 2 atom stereocenters. The zero-order valence-electron chi connectivity index (χ0n) is 13.2. The van der Waals surface area contributed by atoms with E-state index in [1.54, 1.807) is 0 Å². The van der Waals surface area contributed by atoms with Gasteiger partial charge in [0.15, 0.2) is 5.17 Å². The number of para-hydroxylation sites is 1. The summed E-state index contributed by atoms with van der Waals surface area (Å²) >= 11 is 1.53. The second-order valence-electron chi connectivity index (χ2n) is 6.14. The summed E-state index contributed by atoms with van der Waals surface area (Å²) in [4.78, 5) is 19.3. The second-order valence-corrected chi connectivity index (χ2v) is 7.45. The fourth-order valence-electron chi connectivity index (χ4n) is 3.37. The van der Waals surface area contributed by atoms with Crippen molar-refractivity contribution >= 4 is 34.7 Å². The summed E-state index contributed by atoms with van der Waals surface area (Å²) in [7, 11) is 0. The third-order valence-corrected chi connectivity index (χ3v) is 5.63. The fourth-order valence-corrected chi connectivity index (χ4v) is 4.37. The van der Waals surface area contributed by atoms with Crippen molar-refractivity contribution in [3.05, 3.63) is 29.8 Å². The smallest absolute Gasteiger partial charge is 0.235 e. The molecule has 4 rings (SSSR count). The van der Waals surface area contributed by atoms with Gasteiger partial charge in [-0.2, -0.15) is 5.10 Å². The van der Waals surface area contributed by atoms with Gasteiger partial charge in [-0.3, -0.25) is 4.79 Å². The summed E-state index contributed by atoms with van der Waals surface area (Å²) < 4.78 is 0. The van der Waals surface area contributed by atoms with Crippen molar-refractivity contribution in [1.82, 2.24) is 9.91 Å². The van der Waals surface area contributed by atoms with E-state index >= 15 is 0 Å². The topological polar surface area (TPSA) is 48.3 Å². The summed E-state index contributed by atoms with van der Waals surface area (Å²) in [5.74, 6) is 0.216. The lowest BCUT2D eigenvalue weighted by Crippen LogP contribution is -2.36. The van der Waals surface area contributed by atoms with Gasteiger partial charge in [0.2, 0.25) is 5.91 Å². The minimum atomic E-state index is -0.131. The molecular weight excluding hydrogens is 308 g/mol. The number of rotatable bonds is 2. The van der Waals surface area contributed by atoms with Crippen LogP contribution in [0.3, 0.4) is 0 Å².